The Balaban J connectivity index is 1.15. The van der Waals surface area contributed by atoms with Crippen molar-refractivity contribution < 1.29 is 0 Å². The van der Waals surface area contributed by atoms with E-state index < -0.39 is 0 Å². The average molecular weight is 702 g/mol. The minimum atomic E-state index is 1.06. The lowest BCUT2D eigenvalue weighted by atomic mass is 9.74. The van der Waals surface area contributed by atoms with Gasteiger partial charge < -0.3 is 4.90 Å². The van der Waals surface area contributed by atoms with Gasteiger partial charge in [0, 0.05) is 17.1 Å². The normalized spacial score (nSPS) is 14.7. The molecular formula is C54H39N. The SMILES string of the molecule is C1=C2C3=CCCC=C3c3ccc(N(c4ccccc4)c4ccc5c(c4)-c4ccccc4-c4ccccc4-c4ccccc4-5)cc3-c3ccccc3C2=CCC1. The van der Waals surface area contributed by atoms with Gasteiger partial charge in [-0.15, -0.1) is 0 Å². The maximum atomic E-state index is 2.48. The molecule has 11 rings (SSSR count). The van der Waals surface area contributed by atoms with Crippen molar-refractivity contribution in [1.29, 1.82) is 0 Å². The molecule has 0 spiro atoms. The Morgan fingerprint density at radius 2 is 0.545 bits per heavy atom. The summed E-state index contributed by atoms with van der Waals surface area (Å²) < 4.78 is 0. The van der Waals surface area contributed by atoms with Crippen molar-refractivity contribution in [2.24, 2.45) is 0 Å². The zero-order chi connectivity index (χ0) is 36.3. The largest absolute Gasteiger partial charge is 0.310 e. The summed E-state index contributed by atoms with van der Waals surface area (Å²) in [5.41, 5.74) is 24.1. The van der Waals surface area contributed by atoms with Crippen LogP contribution in [0.1, 0.15) is 36.8 Å². The molecule has 0 radical (unpaired) electrons. The van der Waals surface area contributed by atoms with Crippen molar-refractivity contribution >= 4 is 28.2 Å². The van der Waals surface area contributed by atoms with Crippen LogP contribution in [0.15, 0.2) is 199 Å². The second-order valence-corrected chi connectivity index (χ2v) is 14.9. The van der Waals surface area contributed by atoms with E-state index in [1.165, 1.54) is 89.1 Å². The van der Waals surface area contributed by atoms with Crippen LogP contribution in [0.5, 0.6) is 0 Å². The van der Waals surface area contributed by atoms with Gasteiger partial charge in [0.15, 0.2) is 0 Å². The first-order valence-corrected chi connectivity index (χ1v) is 19.7. The highest BCUT2D eigenvalue weighted by Crippen LogP contribution is 2.52. The molecule has 0 fully saturated rings. The Hall–Kier alpha value is -6.70. The number of para-hydroxylation sites is 1. The Morgan fingerprint density at radius 3 is 1.02 bits per heavy atom. The summed E-state index contributed by atoms with van der Waals surface area (Å²) in [5, 5.41) is 0. The first-order valence-electron chi connectivity index (χ1n) is 19.7. The van der Waals surface area contributed by atoms with Gasteiger partial charge in [-0.25, -0.2) is 0 Å². The molecule has 0 heterocycles. The first-order chi connectivity index (χ1) is 27.3. The van der Waals surface area contributed by atoms with Crippen molar-refractivity contribution in [2.45, 2.75) is 25.7 Å². The second kappa shape index (κ2) is 13.0. The quantitative estimate of drug-likeness (QED) is 0.177. The summed E-state index contributed by atoms with van der Waals surface area (Å²) in [6.07, 6.45) is 14.2. The third kappa shape index (κ3) is 5.15. The molecule has 1 heteroatoms. The van der Waals surface area contributed by atoms with Crippen molar-refractivity contribution in [3.05, 3.63) is 210 Å². The van der Waals surface area contributed by atoms with Crippen LogP contribution in [0.3, 0.4) is 0 Å². The van der Waals surface area contributed by atoms with Gasteiger partial charge in [-0.05, 0) is 151 Å². The molecule has 0 aliphatic heterocycles. The molecule has 7 aromatic rings. The number of anilines is 3. The predicted octanol–water partition coefficient (Wildman–Crippen LogP) is 15.0. The minimum Gasteiger partial charge on any atom is -0.310 e. The number of hydrogen-bond donors (Lipinski definition) is 0. The molecule has 0 bridgehead atoms. The Kier molecular flexibility index (Phi) is 7.52. The van der Waals surface area contributed by atoms with Crippen LogP contribution in [0.25, 0.3) is 66.8 Å². The van der Waals surface area contributed by atoms with Crippen LogP contribution in [0, 0.1) is 0 Å². The van der Waals surface area contributed by atoms with E-state index in [-0.39, 0.29) is 0 Å². The lowest BCUT2D eigenvalue weighted by Gasteiger charge is -2.32. The summed E-state index contributed by atoms with van der Waals surface area (Å²) in [6, 6.07) is 60.9. The summed E-state index contributed by atoms with van der Waals surface area (Å²) in [4.78, 5) is 2.44. The van der Waals surface area contributed by atoms with Crippen LogP contribution < -0.4 is 4.90 Å². The zero-order valence-corrected chi connectivity index (χ0v) is 30.7. The van der Waals surface area contributed by atoms with Crippen molar-refractivity contribution in [1.82, 2.24) is 0 Å². The molecule has 0 amide bonds. The topological polar surface area (TPSA) is 3.24 Å². The van der Waals surface area contributed by atoms with E-state index in [1.54, 1.807) is 0 Å². The van der Waals surface area contributed by atoms with Crippen LogP contribution in [0.2, 0.25) is 0 Å². The van der Waals surface area contributed by atoms with E-state index in [0.717, 1.165) is 42.7 Å². The maximum Gasteiger partial charge on any atom is 0.0468 e. The van der Waals surface area contributed by atoms with Gasteiger partial charge in [-0.3, -0.25) is 0 Å². The van der Waals surface area contributed by atoms with Gasteiger partial charge in [0.05, 0.1) is 0 Å². The smallest absolute Gasteiger partial charge is 0.0468 e. The van der Waals surface area contributed by atoms with Crippen molar-refractivity contribution in [2.75, 3.05) is 4.90 Å². The van der Waals surface area contributed by atoms with Crippen LogP contribution in [0.4, 0.5) is 17.1 Å². The molecule has 0 aromatic heterocycles. The highest BCUT2D eigenvalue weighted by molar-refractivity contribution is 6.06. The predicted molar refractivity (Wildman–Crippen MR) is 232 cm³/mol. The molecular weight excluding hydrogens is 663 g/mol. The third-order valence-electron chi connectivity index (χ3n) is 11.9. The highest BCUT2D eigenvalue weighted by Gasteiger charge is 2.29. The molecule has 0 unspecified atom stereocenters. The summed E-state index contributed by atoms with van der Waals surface area (Å²) in [5.74, 6) is 0. The molecule has 260 valence electrons. The Labute approximate surface area is 323 Å². The molecule has 55 heavy (non-hydrogen) atoms. The lowest BCUT2D eigenvalue weighted by molar-refractivity contribution is 1.00. The first kappa shape index (κ1) is 31.8. The van der Waals surface area contributed by atoms with Crippen LogP contribution in [-0.4, -0.2) is 0 Å². The fourth-order valence-electron chi connectivity index (χ4n) is 9.46. The second-order valence-electron chi connectivity index (χ2n) is 14.9. The summed E-state index contributed by atoms with van der Waals surface area (Å²) in [7, 11) is 0. The summed E-state index contributed by atoms with van der Waals surface area (Å²) >= 11 is 0. The van der Waals surface area contributed by atoms with E-state index >= 15 is 0 Å². The molecule has 1 nitrogen and oxygen atoms in total. The van der Waals surface area contributed by atoms with Gasteiger partial charge in [0.25, 0.3) is 0 Å². The Bertz CT molecular complexity index is 2800. The van der Waals surface area contributed by atoms with E-state index in [9.17, 15) is 0 Å². The highest BCUT2D eigenvalue weighted by atomic mass is 15.1. The van der Waals surface area contributed by atoms with Gasteiger partial charge in [-0.1, -0.05) is 152 Å². The standard InChI is InChI=1S/C54H39N/c1-2-16-36(17-3-1)55(37-30-32-51-47-26-10-8-22-43(47)39-18-4-6-20-41(39)45-24-12-14-28-49(45)53(51)34-37)38-31-33-52-48-27-11-9-23-44(48)40-19-5-7-21-42(40)46-25-13-15-29-50(46)54(52)35-38/h1-4,6,8,10,12-35H,5,7,9,11H2. The molecule has 0 saturated carbocycles. The number of benzene rings is 7. The number of fused-ring (bicyclic) bond motifs is 16. The zero-order valence-electron chi connectivity index (χ0n) is 30.7. The van der Waals surface area contributed by atoms with E-state index in [1.807, 2.05) is 0 Å². The molecule has 0 N–H and O–H groups in total. The molecule has 0 saturated heterocycles. The van der Waals surface area contributed by atoms with Gasteiger partial charge >= 0.3 is 0 Å². The summed E-state index contributed by atoms with van der Waals surface area (Å²) in [6.45, 7) is 0. The van der Waals surface area contributed by atoms with Gasteiger partial charge in [0.1, 0.15) is 0 Å². The van der Waals surface area contributed by atoms with E-state index in [2.05, 4.69) is 193 Å². The average Bonchev–Trinajstić information content (AvgIpc) is 3.26. The Morgan fingerprint density at radius 1 is 0.236 bits per heavy atom. The van der Waals surface area contributed by atoms with Gasteiger partial charge in [-0.2, -0.15) is 0 Å². The number of nitrogens with zero attached hydrogens (tertiary/aromatic N) is 1. The van der Waals surface area contributed by atoms with E-state index in [4.69, 9.17) is 0 Å². The minimum absolute atomic E-state index is 1.06. The number of hydrogen-bond acceptors (Lipinski definition) is 1. The molecule has 4 aliphatic carbocycles. The van der Waals surface area contributed by atoms with Crippen molar-refractivity contribution in [3.8, 4) is 55.6 Å². The fraction of sp³-hybridized carbons (Fsp3) is 0.0741. The maximum absolute atomic E-state index is 2.48. The number of rotatable bonds is 3. The molecule has 7 aromatic carbocycles. The van der Waals surface area contributed by atoms with Gasteiger partial charge in [0.2, 0.25) is 0 Å². The fourth-order valence-corrected chi connectivity index (χ4v) is 9.46. The van der Waals surface area contributed by atoms with Crippen LogP contribution in [-0.2, 0) is 0 Å². The molecule has 0 atom stereocenters. The number of allylic oxidation sites excluding steroid dienone is 8. The monoisotopic (exact) mass is 701 g/mol. The lowest BCUT2D eigenvalue weighted by Crippen LogP contribution is -2.12. The third-order valence-corrected chi connectivity index (χ3v) is 11.9. The van der Waals surface area contributed by atoms with Crippen LogP contribution >= 0.6 is 0 Å². The van der Waals surface area contributed by atoms with E-state index in [0.29, 0.717) is 0 Å². The molecule has 4 aliphatic rings. The van der Waals surface area contributed by atoms with Crippen molar-refractivity contribution in [3.63, 3.8) is 0 Å².